The van der Waals surface area contributed by atoms with E-state index in [-0.39, 0.29) is 56.0 Å². The summed E-state index contributed by atoms with van der Waals surface area (Å²) < 4.78 is 56.9. The number of fused-ring (bicyclic) bond motifs is 2. The van der Waals surface area contributed by atoms with Crippen molar-refractivity contribution in [2.24, 2.45) is 23.2 Å². The molecule has 3 aliphatic heterocycles. The molecule has 0 radical (unpaired) electrons. The highest BCUT2D eigenvalue weighted by atomic mass is 19.4. The molecule has 12 heteroatoms. The predicted octanol–water partition coefficient (Wildman–Crippen LogP) is 3.63. The predicted molar refractivity (Wildman–Crippen MR) is 145 cm³/mol. The van der Waals surface area contributed by atoms with E-state index in [0.717, 1.165) is 37.0 Å². The average Bonchev–Trinajstić information content (AvgIpc) is 3.49. The van der Waals surface area contributed by atoms with E-state index in [1.807, 2.05) is 0 Å². The first-order valence-electron chi connectivity index (χ1n) is 14.7. The van der Waals surface area contributed by atoms with Crippen LogP contribution in [-0.2, 0) is 42.9 Å². The van der Waals surface area contributed by atoms with Crippen LogP contribution >= 0.6 is 0 Å². The summed E-state index contributed by atoms with van der Waals surface area (Å²) in [5, 5.41) is 2.59. The van der Waals surface area contributed by atoms with E-state index in [9.17, 15) is 27.6 Å². The van der Waals surface area contributed by atoms with E-state index in [1.165, 1.54) is 13.0 Å². The third-order valence-corrected chi connectivity index (χ3v) is 9.56. The molecule has 9 nitrogen and oxygen atoms in total. The smallest absolute Gasteiger partial charge is 0.416 e. The SMILES string of the molecule is COC1COCCC1C[C@@H]1C[C@H]2CN(C(=O)OCCNC(C)=O)C[C@@]2(C(=O)N2CCc3ccc(C(F)(F)F)cc3C2)C1. The number of halogens is 3. The molecule has 1 aliphatic carbocycles. The Morgan fingerprint density at radius 3 is 2.74 bits per heavy atom. The van der Waals surface area contributed by atoms with Gasteiger partial charge in [-0.15, -0.1) is 0 Å². The molecule has 3 heterocycles. The minimum atomic E-state index is -4.46. The lowest BCUT2D eigenvalue weighted by Crippen LogP contribution is -2.49. The van der Waals surface area contributed by atoms with Crippen molar-refractivity contribution < 1.29 is 41.8 Å². The van der Waals surface area contributed by atoms with Gasteiger partial charge in [-0.05, 0) is 73.1 Å². The standard InChI is InChI=1S/C30H40F3N3O6/c1-19(37)34-7-10-42-28(39)36-16-25-12-20(11-22-6-9-41-17-26(22)40-2)14-29(25,18-36)27(38)35-8-5-21-3-4-24(30(31,32)33)13-23(21)15-35/h3-4,13,20,22,25-26H,5-12,14-18H2,1-2H3,(H,34,37)/t20-,22?,25+,26?,29+/m1/s1. The Kier molecular flexibility index (Phi) is 9.03. The van der Waals surface area contributed by atoms with E-state index in [4.69, 9.17) is 14.2 Å². The van der Waals surface area contributed by atoms with Gasteiger partial charge < -0.3 is 29.3 Å². The third kappa shape index (κ3) is 6.39. The topological polar surface area (TPSA) is 97.4 Å². The van der Waals surface area contributed by atoms with Gasteiger partial charge in [-0.1, -0.05) is 6.07 Å². The number of ether oxygens (including phenoxy) is 3. The first kappa shape index (κ1) is 30.6. The first-order valence-corrected chi connectivity index (χ1v) is 14.7. The number of likely N-dealkylation sites (tertiary alicyclic amines) is 1. The fourth-order valence-corrected chi connectivity index (χ4v) is 7.55. The Hall–Kier alpha value is -2.86. The van der Waals surface area contributed by atoms with Crippen LogP contribution in [-0.4, -0.2) is 86.9 Å². The molecule has 3 fully saturated rings. The fraction of sp³-hybridized carbons (Fsp3) is 0.700. The van der Waals surface area contributed by atoms with Crippen molar-refractivity contribution in [3.63, 3.8) is 0 Å². The van der Waals surface area contributed by atoms with Gasteiger partial charge in [0.15, 0.2) is 0 Å². The Balaban J connectivity index is 1.33. The molecule has 232 valence electrons. The average molecular weight is 596 g/mol. The summed E-state index contributed by atoms with van der Waals surface area (Å²) in [6, 6.07) is 3.77. The lowest BCUT2D eigenvalue weighted by molar-refractivity contribution is -0.144. The maximum atomic E-state index is 14.4. The van der Waals surface area contributed by atoms with E-state index >= 15 is 0 Å². The number of hydrogen-bond acceptors (Lipinski definition) is 6. The number of carbonyl (C=O) groups excluding carboxylic acids is 3. The second-order valence-electron chi connectivity index (χ2n) is 12.2. The number of benzene rings is 1. The van der Waals surface area contributed by atoms with Gasteiger partial charge in [0.2, 0.25) is 11.8 Å². The highest BCUT2D eigenvalue weighted by Crippen LogP contribution is 2.54. The lowest BCUT2D eigenvalue weighted by Gasteiger charge is -2.38. The van der Waals surface area contributed by atoms with Crippen molar-refractivity contribution in [3.05, 3.63) is 34.9 Å². The number of amides is 3. The molecule has 2 saturated heterocycles. The molecule has 5 atom stereocenters. The maximum Gasteiger partial charge on any atom is 0.416 e. The molecule has 42 heavy (non-hydrogen) atoms. The normalized spacial score (nSPS) is 29.2. The van der Waals surface area contributed by atoms with Crippen LogP contribution in [0.5, 0.6) is 0 Å². The zero-order valence-corrected chi connectivity index (χ0v) is 24.2. The third-order valence-electron chi connectivity index (χ3n) is 9.56. The summed E-state index contributed by atoms with van der Waals surface area (Å²) in [7, 11) is 1.69. The molecule has 1 saturated carbocycles. The summed E-state index contributed by atoms with van der Waals surface area (Å²) in [6.45, 7) is 3.95. The highest BCUT2D eigenvalue weighted by molar-refractivity contribution is 5.86. The number of rotatable bonds is 7. The van der Waals surface area contributed by atoms with Gasteiger partial charge in [0.1, 0.15) is 6.61 Å². The molecule has 5 rings (SSSR count). The van der Waals surface area contributed by atoms with Crippen LogP contribution < -0.4 is 5.32 Å². The second kappa shape index (κ2) is 12.4. The Morgan fingerprint density at radius 1 is 1.19 bits per heavy atom. The van der Waals surface area contributed by atoms with Crippen LogP contribution in [0.3, 0.4) is 0 Å². The summed E-state index contributed by atoms with van der Waals surface area (Å²) in [5.41, 5.74) is -0.199. The van der Waals surface area contributed by atoms with Crippen molar-refractivity contribution in [3.8, 4) is 0 Å². The van der Waals surface area contributed by atoms with Crippen molar-refractivity contribution in [1.82, 2.24) is 15.1 Å². The summed E-state index contributed by atoms with van der Waals surface area (Å²) in [5.74, 6) is 0.176. The van der Waals surface area contributed by atoms with Gasteiger partial charge in [-0.2, -0.15) is 13.2 Å². The van der Waals surface area contributed by atoms with Gasteiger partial charge in [-0.3, -0.25) is 9.59 Å². The van der Waals surface area contributed by atoms with E-state index in [0.29, 0.717) is 50.6 Å². The number of carbonyl (C=O) groups is 3. The number of alkyl halides is 3. The quantitative estimate of drug-likeness (QED) is 0.484. The minimum absolute atomic E-state index is 0.00218. The molecule has 1 N–H and O–H groups in total. The lowest BCUT2D eigenvalue weighted by atomic mass is 9.77. The van der Waals surface area contributed by atoms with Crippen LogP contribution in [0.25, 0.3) is 0 Å². The number of methoxy groups -OCH3 is 1. The molecular weight excluding hydrogens is 555 g/mol. The molecule has 4 aliphatic rings. The molecule has 1 aromatic carbocycles. The maximum absolute atomic E-state index is 14.4. The highest BCUT2D eigenvalue weighted by Gasteiger charge is 2.60. The van der Waals surface area contributed by atoms with E-state index < -0.39 is 23.2 Å². The number of nitrogens with one attached hydrogen (secondary N) is 1. The van der Waals surface area contributed by atoms with Crippen LogP contribution in [0.4, 0.5) is 18.0 Å². The van der Waals surface area contributed by atoms with Crippen LogP contribution in [0.1, 0.15) is 49.3 Å². The van der Waals surface area contributed by atoms with E-state index in [1.54, 1.807) is 16.9 Å². The molecule has 3 amide bonds. The van der Waals surface area contributed by atoms with Crippen molar-refractivity contribution in [2.45, 2.75) is 57.9 Å². The van der Waals surface area contributed by atoms with E-state index in [2.05, 4.69) is 5.32 Å². The summed E-state index contributed by atoms with van der Waals surface area (Å²) in [4.78, 5) is 41.8. The minimum Gasteiger partial charge on any atom is -0.448 e. The Labute approximate surface area is 244 Å². The molecule has 0 aromatic heterocycles. The van der Waals surface area contributed by atoms with Gasteiger partial charge >= 0.3 is 12.3 Å². The van der Waals surface area contributed by atoms with Crippen molar-refractivity contribution >= 4 is 17.9 Å². The molecule has 1 aromatic rings. The monoisotopic (exact) mass is 595 g/mol. The van der Waals surface area contributed by atoms with Crippen LogP contribution in [0.2, 0.25) is 0 Å². The summed E-state index contributed by atoms with van der Waals surface area (Å²) >= 11 is 0. The molecule has 2 unspecified atom stereocenters. The first-order chi connectivity index (χ1) is 20.0. The number of hydrogen-bond donors (Lipinski definition) is 1. The Morgan fingerprint density at radius 2 is 2.00 bits per heavy atom. The fourth-order valence-electron chi connectivity index (χ4n) is 7.55. The molecular formula is C30H40F3N3O6. The number of nitrogens with zero attached hydrogens (tertiary/aromatic N) is 2. The van der Waals surface area contributed by atoms with Gasteiger partial charge in [-0.25, -0.2) is 4.79 Å². The van der Waals surface area contributed by atoms with Crippen LogP contribution in [0.15, 0.2) is 18.2 Å². The molecule has 0 spiro atoms. The van der Waals surface area contributed by atoms with Crippen molar-refractivity contribution in [1.29, 1.82) is 0 Å². The van der Waals surface area contributed by atoms with Gasteiger partial charge in [0.25, 0.3) is 0 Å². The molecule has 0 bridgehead atoms. The Bertz CT molecular complexity index is 1180. The zero-order chi connectivity index (χ0) is 30.1. The zero-order valence-electron chi connectivity index (χ0n) is 24.2. The largest absolute Gasteiger partial charge is 0.448 e. The van der Waals surface area contributed by atoms with Gasteiger partial charge in [0, 0.05) is 46.8 Å². The van der Waals surface area contributed by atoms with Crippen LogP contribution in [0, 0.1) is 23.2 Å². The van der Waals surface area contributed by atoms with Crippen molar-refractivity contribution in [2.75, 3.05) is 53.1 Å². The second-order valence-corrected chi connectivity index (χ2v) is 12.2. The van der Waals surface area contributed by atoms with Gasteiger partial charge in [0.05, 0.1) is 30.2 Å². The summed E-state index contributed by atoms with van der Waals surface area (Å²) in [6.07, 6.45) is -1.34.